The monoisotopic (exact) mass is 346 g/mol. The summed E-state index contributed by atoms with van der Waals surface area (Å²) in [6, 6.07) is 8.41. The molecule has 12 rings (SSSR count). The Kier molecular flexibility index (Phi) is 0.369. The van der Waals surface area contributed by atoms with Crippen LogP contribution >= 0.6 is 0 Å². The number of para-hydroxylation sites is 1. The summed E-state index contributed by atoms with van der Waals surface area (Å²) in [5.41, 5.74) is 1.36. The number of carbonyl (C=O) groups is 1. The first kappa shape index (κ1) is 9.06. The summed E-state index contributed by atoms with van der Waals surface area (Å²) in [7, 11) is 0. The Bertz CT molecular complexity index is 1280. The summed E-state index contributed by atoms with van der Waals surface area (Å²) in [6.45, 7) is -2.98. The van der Waals surface area contributed by atoms with E-state index in [9.17, 15) is 4.79 Å². The van der Waals surface area contributed by atoms with E-state index >= 15 is 0 Å². The van der Waals surface area contributed by atoms with Crippen molar-refractivity contribution in [2.24, 2.45) is 0 Å². The van der Waals surface area contributed by atoms with Crippen molar-refractivity contribution in [2.75, 3.05) is 0 Å². The van der Waals surface area contributed by atoms with Crippen LogP contribution in [-0.2, 0) is 11.3 Å². The van der Waals surface area contributed by atoms with Crippen molar-refractivity contribution >= 4 is 5.97 Å². The molecule has 11 heterocycles. The van der Waals surface area contributed by atoms with E-state index in [1.807, 2.05) is 12.1 Å². The van der Waals surface area contributed by atoms with Gasteiger partial charge in [-0.15, -0.1) is 0 Å². The van der Waals surface area contributed by atoms with Crippen LogP contribution in [-0.4, -0.2) is 5.97 Å². The van der Waals surface area contributed by atoms with Crippen molar-refractivity contribution in [1.29, 1.82) is 0 Å². The quantitative estimate of drug-likeness (QED) is 0.416. The molecule has 0 aliphatic carbocycles. The average molecular weight is 346 g/mol. The summed E-state index contributed by atoms with van der Waals surface area (Å²) >= 11 is 0. The van der Waals surface area contributed by atoms with Gasteiger partial charge < -0.3 is 0 Å². The van der Waals surface area contributed by atoms with Crippen molar-refractivity contribution in [3.8, 4) is 5.75 Å². The molecular formula is C20H18FeO2. The van der Waals surface area contributed by atoms with Gasteiger partial charge in [0.05, 0.1) is 0 Å². The van der Waals surface area contributed by atoms with Crippen LogP contribution in [0.5, 0.6) is 5.75 Å². The Hall–Kier alpha value is -0.791. The fraction of sp³-hybridized carbons (Fsp3) is 0.650. The number of hydrogen-bond acceptors (Lipinski definition) is 2. The van der Waals surface area contributed by atoms with Gasteiger partial charge in [-0.2, -0.15) is 0 Å². The number of ether oxygens (including phenoxy) is 1. The van der Waals surface area contributed by atoms with Crippen LogP contribution in [0.1, 0.15) is 24.3 Å². The minimum atomic E-state index is -2.98. The van der Waals surface area contributed by atoms with Gasteiger partial charge in [0.2, 0.25) is 0 Å². The van der Waals surface area contributed by atoms with Gasteiger partial charge >= 0.3 is 124 Å². The van der Waals surface area contributed by atoms with Crippen molar-refractivity contribution in [3.63, 3.8) is 0 Å². The zero-order chi connectivity index (χ0) is 14.3. The second-order valence-corrected chi connectivity index (χ2v) is 36.6. The molecule has 0 radical (unpaired) electrons. The molecule has 0 N–H and O–H groups in total. The van der Waals surface area contributed by atoms with Gasteiger partial charge in [0.1, 0.15) is 0 Å². The van der Waals surface area contributed by atoms with Gasteiger partial charge in [0.25, 0.3) is 0 Å². The Balaban J connectivity index is 1.18. The Labute approximate surface area is 124 Å². The average Bonchev–Trinajstić information content (AvgIpc) is 3.49. The third-order valence-corrected chi connectivity index (χ3v) is 60.5. The molecule has 23 heavy (non-hydrogen) atoms. The second-order valence-electron chi connectivity index (χ2n) is 13.0. The zero-order valence-electron chi connectivity index (χ0n) is 12.7. The van der Waals surface area contributed by atoms with Crippen LogP contribution in [0, 0.1) is 0 Å². The van der Waals surface area contributed by atoms with E-state index in [1.165, 1.54) is 55.3 Å². The molecule has 11 aliphatic rings. The van der Waals surface area contributed by atoms with Crippen LogP contribution in [0.2, 0.25) is 47.7 Å². The molecule has 2 nitrogen and oxygen atoms in total. The van der Waals surface area contributed by atoms with Gasteiger partial charge in [0.15, 0.2) is 0 Å². The standard InChI is InChI=1S/C15H13O2.C5H5.Fe/c16-15-10-12(9-11-5-1-2-6-11)13-7-3-4-8-14(13)17-15;1-2-4-5-3-1;/h1-8,12H,9-10H2;1-5H;. The topological polar surface area (TPSA) is 26.3 Å². The predicted molar refractivity (Wildman–Crippen MR) is 80.5 cm³/mol. The first-order chi connectivity index (χ1) is 11.0. The van der Waals surface area contributed by atoms with Crippen LogP contribution in [0.3, 0.4) is 0 Å². The molecule has 10 fully saturated rings. The molecule has 118 valence electrons. The van der Waals surface area contributed by atoms with Crippen molar-refractivity contribution in [3.05, 3.63) is 29.8 Å². The van der Waals surface area contributed by atoms with Crippen LogP contribution in [0.4, 0.5) is 0 Å². The summed E-state index contributed by atoms with van der Waals surface area (Å²) in [4.78, 5) is 24.6. The Morgan fingerprint density at radius 1 is 1.00 bits per heavy atom. The number of benzene rings is 1. The maximum atomic E-state index is 12.2. The predicted octanol–water partition coefficient (Wildman–Crippen LogP) is 5.23. The molecule has 1 aromatic carbocycles. The molecule has 1 spiro atoms. The Morgan fingerprint density at radius 2 is 1.65 bits per heavy atom. The molecule has 0 amide bonds. The second kappa shape index (κ2) is 0.936. The summed E-state index contributed by atoms with van der Waals surface area (Å²) in [6.07, 6.45) is 2.08. The van der Waals surface area contributed by atoms with Crippen molar-refractivity contribution < 1.29 is 16.0 Å². The zero-order valence-corrected chi connectivity index (χ0v) is 13.8. The van der Waals surface area contributed by atoms with E-state index in [4.69, 9.17) is 4.74 Å². The van der Waals surface area contributed by atoms with Gasteiger partial charge in [-0.3, -0.25) is 0 Å². The first-order valence-corrected chi connectivity index (χ1v) is 15.8. The molecule has 5 unspecified atom stereocenters. The fourth-order valence-corrected chi connectivity index (χ4v) is 94.3. The minimum absolute atomic E-state index is 0.0281. The summed E-state index contributed by atoms with van der Waals surface area (Å²) < 4.78 is 6.46. The number of rotatable bonds is 2. The maximum absolute atomic E-state index is 12.2. The molecule has 11 aliphatic heterocycles. The first-order valence-electron chi connectivity index (χ1n) is 9.51. The van der Waals surface area contributed by atoms with Crippen LogP contribution in [0.25, 0.3) is 0 Å². The van der Waals surface area contributed by atoms with E-state index in [2.05, 4.69) is 12.1 Å². The molecule has 0 bridgehead atoms. The Morgan fingerprint density at radius 3 is 2.22 bits per heavy atom. The van der Waals surface area contributed by atoms with E-state index in [1.54, 1.807) is 0 Å². The molecule has 1 aromatic rings. The van der Waals surface area contributed by atoms with Gasteiger partial charge in [0, 0.05) is 0 Å². The van der Waals surface area contributed by atoms with Crippen LogP contribution in [0.15, 0.2) is 24.3 Å². The number of carbonyl (C=O) groups excluding carboxylic acids is 1. The number of hydrogen-bond donors (Lipinski definition) is 0. The summed E-state index contributed by atoms with van der Waals surface area (Å²) in [5, 5.41) is 0. The molecule has 0 saturated carbocycles. The number of esters is 1. The fourth-order valence-electron chi connectivity index (χ4n) is 19.2. The molecule has 0 aromatic heterocycles. The summed E-state index contributed by atoms with van der Waals surface area (Å²) in [5.74, 6) is 1.40. The van der Waals surface area contributed by atoms with Crippen molar-refractivity contribution in [1.82, 2.24) is 0 Å². The SMILES string of the molecule is O=C1CC(C[C]23[CH]4[CH]5[CH]6[CH]2[Fe]56432789[CH]3[CH]2[CH]7[CH]8[CH]39)c2ccccc2O1. The normalized spacial score (nSPS) is 97.0. The third-order valence-electron chi connectivity index (χ3n) is 17.5. The van der Waals surface area contributed by atoms with Gasteiger partial charge in [-0.05, 0) is 0 Å². The molecule has 3 heteroatoms. The third kappa shape index (κ3) is 0.136. The van der Waals surface area contributed by atoms with Gasteiger partial charge in [-0.1, -0.05) is 0 Å². The molecule has 5 atom stereocenters. The van der Waals surface area contributed by atoms with E-state index in [-0.39, 0.29) is 5.97 Å². The molecular weight excluding hydrogens is 328 g/mol. The van der Waals surface area contributed by atoms with Gasteiger partial charge in [-0.25, -0.2) is 0 Å². The van der Waals surface area contributed by atoms with Crippen LogP contribution < -0.4 is 4.74 Å². The van der Waals surface area contributed by atoms with E-state index < -0.39 is 6.51 Å². The van der Waals surface area contributed by atoms with E-state index in [0.29, 0.717) is 12.3 Å². The molecule has 10 saturated heterocycles. The van der Waals surface area contributed by atoms with Crippen molar-refractivity contribution in [2.45, 2.75) is 66.4 Å². The van der Waals surface area contributed by atoms with E-state index in [0.717, 1.165) is 10.1 Å². The number of fused-ring (bicyclic) bond motifs is 11.